The van der Waals surface area contributed by atoms with E-state index in [0.29, 0.717) is 11.5 Å². The number of rotatable bonds is 8. The van der Waals surface area contributed by atoms with Crippen molar-refractivity contribution >= 4 is 44.9 Å². The summed E-state index contributed by atoms with van der Waals surface area (Å²) in [5.41, 5.74) is 8.29. The predicted octanol–water partition coefficient (Wildman–Crippen LogP) is 12.5. The maximum atomic E-state index is 8.67. The van der Waals surface area contributed by atoms with Crippen molar-refractivity contribution in [3.05, 3.63) is 144 Å². The van der Waals surface area contributed by atoms with Crippen LogP contribution in [0.3, 0.4) is 0 Å². The van der Waals surface area contributed by atoms with Crippen LogP contribution in [0.1, 0.15) is 73.6 Å². The summed E-state index contributed by atoms with van der Waals surface area (Å²) in [6, 6.07) is 39.5. The van der Waals surface area contributed by atoms with E-state index in [-0.39, 0.29) is 25.5 Å². The molecule has 3 aromatic carbocycles. The monoisotopic (exact) mass is 926 g/mol. The Morgan fingerprint density at radius 3 is 2.19 bits per heavy atom. The summed E-state index contributed by atoms with van der Waals surface area (Å²) >= 11 is 1.72. The average Bonchev–Trinajstić information content (AvgIpc) is 3.52. The molecule has 6 heteroatoms. The Morgan fingerprint density at radius 2 is 1.52 bits per heavy atom. The molecule has 0 saturated heterocycles. The first kappa shape index (κ1) is 38.5. The zero-order chi connectivity index (χ0) is 39.8. The number of nitrogens with zero attached hydrogens (tertiary/aromatic N) is 3. The van der Waals surface area contributed by atoms with Crippen molar-refractivity contribution in [2.45, 2.75) is 86.3 Å². The van der Waals surface area contributed by atoms with E-state index in [2.05, 4.69) is 130 Å². The van der Waals surface area contributed by atoms with Gasteiger partial charge >= 0.3 is 0 Å². The molecule has 7 aromatic rings. The molecule has 0 bridgehead atoms. The van der Waals surface area contributed by atoms with E-state index in [9.17, 15) is 0 Å². The van der Waals surface area contributed by atoms with Gasteiger partial charge in [-0.2, -0.15) is 11.3 Å². The largest absolute Gasteiger partial charge is 0.305 e. The summed E-state index contributed by atoms with van der Waals surface area (Å²) in [5.74, 6) is 0.667. The second kappa shape index (κ2) is 16.9. The molecule has 4 aromatic heterocycles. The fourth-order valence-electron chi connectivity index (χ4n) is 6.66. The molecule has 0 amide bonds. The van der Waals surface area contributed by atoms with E-state index in [0.717, 1.165) is 54.9 Å². The number of hydrogen-bond acceptors (Lipinski definition) is 4. The van der Waals surface area contributed by atoms with Crippen LogP contribution < -0.4 is 5.19 Å². The average molecular weight is 926 g/mol. The van der Waals surface area contributed by atoms with Gasteiger partial charge in [-0.05, 0) is 69.2 Å². The summed E-state index contributed by atoms with van der Waals surface area (Å²) in [6.45, 7) is 21.9. The molecule has 0 spiro atoms. The Hall–Kier alpha value is -3.80. The molecule has 7 rings (SSSR count). The van der Waals surface area contributed by atoms with Gasteiger partial charge < -0.3 is 9.97 Å². The molecule has 0 atom stereocenters. The molecule has 281 valence electrons. The van der Waals surface area contributed by atoms with Gasteiger partial charge in [0.25, 0.3) is 0 Å². The molecule has 54 heavy (non-hydrogen) atoms. The molecule has 0 N–H and O–H groups in total. The van der Waals surface area contributed by atoms with Crippen LogP contribution >= 0.6 is 11.3 Å². The molecule has 0 unspecified atom stereocenters. The first-order valence-corrected chi connectivity index (χ1v) is 22.9. The first-order valence-electron chi connectivity index (χ1n) is 19.6. The Balaban J connectivity index is 0.000000244. The smallest absolute Gasteiger partial charge is 0.0798 e. The minimum Gasteiger partial charge on any atom is -0.305 e. The van der Waals surface area contributed by atoms with Gasteiger partial charge in [-0.25, -0.2) is 0 Å². The van der Waals surface area contributed by atoms with Crippen molar-refractivity contribution in [3.63, 3.8) is 0 Å². The van der Waals surface area contributed by atoms with Crippen molar-refractivity contribution in [2.75, 3.05) is 0 Å². The van der Waals surface area contributed by atoms with Crippen LogP contribution in [0.4, 0.5) is 0 Å². The molecule has 0 aliphatic heterocycles. The SMILES string of the molecule is CC(C)Cc1cc(-c2[c-]cccc2)ncc1[Si](C)(C)C.[2H]C([2H])(c1ccnc(-c2[c-]cc3sc4ccc(C(C)(C)c5ccccc5)nc4c3c2)c1)C(C)(C)C.[Ir]. The third-order valence-electron chi connectivity index (χ3n) is 9.35. The molecule has 3 nitrogen and oxygen atoms in total. The van der Waals surface area contributed by atoms with Crippen LogP contribution in [0.2, 0.25) is 19.6 Å². The number of hydrogen-bond donors (Lipinski definition) is 0. The molecule has 0 fully saturated rings. The van der Waals surface area contributed by atoms with Crippen LogP contribution in [0.5, 0.6) is 0 Å². The summed E-state index contributed by atoms with van der Waals surface area (Å²) < 4.78 is 19.6. The molecule has 0 aliphatic carbocycles. The molecular formula is C48H53IrN3SSi-2. The van der Waals surface area contributed by atoms with Crippen molar-refractivity contribution in [3.8, 4) is 22.5 Å². The maximum Gasteiger partial charge on any atom is 0.0798 e. The third kappa shape index (κ3) is 9.89. The van der Waals surface area contributed by atoms with Crippen molar-refractivity contribution < 1.29 is 22.8 Å². The first-order chi connectivity index (χ1) is 25.9. The van der Waals surface area contributed by atoms with Gasteiger partial charge in [0.1, 0.15) is 0 Å². The standard InChI is InChI=1S/C30H29N2S.C18H24NSi.Ir/c1-29(2,3)19-20-15-16-31-24(17-20)21-11-12-25-23(18-21)28-26(33-25)13-14-27(32-28)30(4,5)22-9-7-6-8-10-22;1-14(2)11-16-12-17(15-9-7-6-8-10-15)19-13-18(16)20(3,4)5;/h6-10,12-18H,19H2,1-5H3;6-9,12-14H,11H2,1-5H3;/q2*-1;/i19D2;;. The number of pyridine rings is 3. The van der Waals surface area contributed by atoms with Gasteiger partial charge in [0.2, 0.25) is 0 Å². The van der Waals surface area contributed by atoms with E-state index >= 15 is 0 Å². The van der Waals surface area contributed by atoms with Crippen molar-refractivity contribution in [1.29, 1.82) is 0 Å². The normalized spacial score (nSPS) is 12.9. The van der Waals surface area contributed by atoms with E-state index in [1.54, 1.807) is 23.6 Å². The van der Waals surface area contributed by atoms with Gasteiger partial charge in [-0.1, -0.05) is 127 Å². The quantitative estimate of drug-likeness (QED) is 0.113. The van der Waals surface area contributed by atoms with Crippen LogP contribution in [-0.2, 0) is 38.3 Å². The fourth-order valence-corrected chi connectivity index (χ4v) is 9.25. The van der Waals surface area contributed by atoms with Gasteiger partial charge in [0.15, 0.2) is 0 Å². The Morgan fingerprint density at radius 1 is 0.796 bits per heavy atom. The summed E-state index contributed by atoms with van der Waals surface area (Å²) in [5, 5.41) is 2.57. The van der Waals surface area contributed by atoms with Crippen molar-refractivity contribution in [1.82, 2.24) is 15.0 Å². The Kier molecular flexibility index (Phi) is 12.0. The van der Waals surface area contributed by atoms with Crippen LogP contribution in [0.15, 0.2) is 109 Å². The van der Waals surface area contributed by atoms with Crippen molar-refractivity contribution in [2.24, 2.45) is 11.3 Å². The van der Waals surface area contributed by atoms with E-state index in [1.807, 2.05) is 57.2 Å². The zero-order valence-corrected chi connectivity index (χ0v) is 37.5. The van der Waals surface area contributed by atoms with Crippen LogP contribution in [-0.4, -0.2) is 23.0 Å². The van der Waals surface area contributed by atoms with E-state index < -0.39 is 19.9 Å². The fraction of sp³-hybridized carbons (Fsp3) is 0.312. The second-order valence-corrected chi connectivity index (χ2v) is 23.0. The summed E-state index contributed by atoms with van der Waals surface area (Å²) in [6.07, 6.45) is 3.45. The van der Waals surface area contributed by atoms with E-state index in [1.165, 1.54) is 16.3 Å². The minimum atomic E-state index is -1.48. The van der Waals surface area contributed by atoms with Crippen LogP contribution in [0, 0.1) is 23.5 Å². The number of fused-ring (bicyclic) bond motifs is 3. The molecule has 0 aliphatic rings. The molecule has 4 heterocycles. The maximum absolute atomic E-state index is 8.67. The Labute approximate surface area is 344 Å². The molecular weight excluding hydrogens is 871 g/mol. The minimum absolute atomic E-state index is 0. The summed E-state index contributed by atoms with van der Waals surface area (Å²) in [7, 11) is -1.34. The molecule has 1 radical (unpaired) electrons. The predicted molar refractivity (Wildman–Crippen MR) is 231 cm³/mol. The third-order valence-corrected chi connectivity index (χ3v) is 12.5. The van der Waals surface area contributed by atoms with E-state index in [4.69, 9.17) is 7.73 Å². The Bertz CT molecular complexity index is 2410. The summed E-state index contributed by atoms with van der Waals surface area (Å²) in [4.78, 5) is 14.4. The number of thiophene rings is 1. The number of benzene rings is 3. The number of aromatic nitrogens is 3. The topological polar surface area (TPSA) is 38.7 Å². The van der Waals surface area contributed by atoms with Gasteiger partial charge in [-0.3, -0.25) is 4.98 Å². The van der Waals surface area contributed by atoms with Gasteiger partial charge in [0, 0.05) is 45.4 Å². The van der Waals surface area contributed by atoms with Gasteiger partial charge in [-0.15, -0.1) is 59.7 Å². The second-order valence-electron chi connectivity index (χ2n) is 16.9. The van der Waals surface area contributed by atoms with Crippen LogP contribution in [0.25, 0.3) is 42.8 Å². The zero-order valence-electron chi connectivity index (χ0n) is 35.3. The van der Waals surface area contributed by atoms with Gasteiger partial charge in [0.05, 0.1) is 19.3 Å². The molecule has 0 saturated carbocycles.